The number of hydrogen-bond donors (Lipinski definition) is 4. The van der Waals surface area contributed by atoms with Crippen molar-refractivity contribution in [1.29, 1.82) is 0 Å². The van der Waals surface area contributed by atoms with Crippen molar-refractivity contribution >= 4 is 13.7 Å². The predicted molar refractivity (Wildman–Crippen MR) is 311 cm³/mol. The van der Waals surface area contributed by atoms with E-state index in [0.29, 0.717) is 23.9 Å². The fourth-order valence-electron chi connectivity index (χ4n) is 9.58. The van der Waals surface area contributed by atoms with Crippen LogP contribution in [-0.4, -0.2) is 84.6 Å². The number of carbonyl (C=O) groups is 1. The van der Waals surface area contributed by atoms with E-state index in [4.69, 9.17) is 9.05 Å². The number of unbranched alkanes of at least 4 members (excludes halogenated alkanes) is 40. The number of hydrogen-bond acceptors (Lipinski definition) is 6. The van der Waals surface area contributed by atoms with Gasteiger partial charge in [0.05, 0.1) is 39.9 Å². The molecule has 0 aromatic rings. The van der Waals surface area contributed by atoms with Crippen LogP contribution < -0.4 is 5.32 Å². The Balaban J connectivity index is 3.96. The third-order valence-corrected chi connectivity index (χ3v) is 15.5. The molecule has 9 nitrogen and oxygen atoms in total. The average molecular weight is 1040 g/mol. The number of nitrogens with one attached hydrogen (secondary N) is 1. The molecule has 0 saturated carbocycles. The van der Waals surface area contributed by atoms with Crippen LogP contribution in [0.5, 0.6) is 0 Å². The van der Waals surface area contributed by atoms with Crippen LogP contribution in [0.15, 0.2) is 24.3 Å². The zero-order valence-corrected chi connectivity index (χ0v) is 49.5. The highest BCUT2D eigenvalue weighted by atomic mass is 31.2. The molecule has 0 aliphatic rings. The summed E-state index contributed by atoms with van der Waals surface area (Å²) in [7, 11) is 1.42. The fraction of sp³-hybridized carbons (Fsp3) is 0.919. The molecule has 0 bridgehead atoms. The van der Waals surface area contributed by atoms with Gasteiger partial charge in [0.1, 0.15) is 19.3 Å². The van der Waals surface area contributed by atoms with Gasteiger partial charge < -0.3 is 24.9 Å². The summed E-state index contributed by atoms with van der Waals surface area (Å²) >= 11 is 0. The zero-order chi connectivity index (χ0) is 52.9. The van der Waals surface area contributed by atoms with Gasteiger partial charge in [-0.05, 0) is 51.4 Å². The maximum absolute atomic E-state index is 13.0. The molecule has 0 saturated heterocycles. The van der Waals surface area contributed by atoms with E-state index < -0.39 is 32.7 Å². The number of amides is 1. The second kappa shape index (κ2) is 53.3. The molecule has 4 atom stereocenters. The molecule has 0 rings (SSSR count). The number of phosphoric ester groups is 1. The van der Waals surface area contributed by atoms with E-state index in [0.717, 1.165) is 44.9 Å². The first-order chi connectivity index (χ1) is 34.9. The number of rotatable bonds is 58. The second-order valence-electron chi connectivity index (χ2n) is 22.9. The molecule has 428 valence electrons. The number of carbonyl (C=O) groups excluding carboxylic acids is 1. The Kier molecular flexibility index (Phi) is 52.6. The minimum Gasteiger partial charge on any atom is -0.390 e. The molecule has 0 aliphatic heterocycles. The van der Waals surface area contributed by atoms with Crippen LogP contribution >= 0.6 is 7.82 Å². The Labute approximate surface area is 447 Å². The summed E-state index contributed by atoms with van der Waals surface area (Å²) in [6.07, 6.45) is 64.6. The first-order valence-corrected chi connectivity index (χ1v) is 32.8. The van der Waals surface area contributed by atoms with Crippen molar-refractivity contribution in [3.8, 4) is 0 Å². The Morgan fingerprint density at radius 1 is 0.472 bits per heavy atom. The molecule has 0 radical (unpaired) electrons. The van der Waals surface area contributed by atoms with E-state index in [-0.39, 0.29) is 18.9 Å². The van der Waals surface area contributed by atoms with Gasteiger partial charge in [0.15, 0.2) is 0 Å². The molecule has 1 amide bonds. The summed E-state index contributed by atoms with van der Waals surface area (Å²) < 4.78 is 23.6. The molecule has 4 unspecified atom stereocenters. The number of nitrogens with zero attached hydrogens (tertiary/aromatic N) is 1. The number of likely N-dealkylation sites (N-methyl/N-ethyl adjacent to an activating group) is 1. The van der Waals surface area contributed by atoms with Crippen LogP contribution in [0, 0.1) is 0 Å². The summed E-state index contributed by atoms with van der Waals surface area (Å²) in [6.45, 7) is 4.58. The smallest absolute Gasteiger partial charge is 0.390 e. The molecule has 0 aromatic carbocycles. The summed E-state index contributed by atoms with van der Waals surface area (Å²) in [5.41, 5.74) is 0. The van der Waals surface area contributed by atoms with Gasteiger partial charge in [0, 0.05) is 6.42 Å². The summed E-state index contributed by atoms with van der Waals surface area (Å²) in [4.78, 5) is 23.3. The maximum atomic E-state index is 13.0. The van der Waals surface area contributed by atoms with Gasteiger partial charge in [0.2, 0.25) is 5.91 Å². The minimum absolute atomic E-state index is 0.0159. The highest BCUT2D eigenvalue weighted by Crippen LogP contribution is 2.43. The third kappa shape index (κ3) is 53.8. The van der Waals surface area contributed by atoms with Crippen molar-refractivity contribution < 1.29 is 38.0 Å². The van der Waals surface area contributed by atoms with Crippen molar-refractivity contribution in [2.75, 3.05) is 40.9 Å². The monoisotopic (exact) mass is 1040 g/mol. The van der Waals surface area contributed by atoms with Crippen LogP contribution in [-0.2, 0) is 18.4 Å². The lowest BCUT2D eigenvalue weighted by molar-refractivity contribution is -0.870. The van der Waals surface area contributed by atoms with Gasteiger partial charge in [-0.3, -0.25) is 13.8 Å². The van der Waals surface area contributed by atoms with E-state index in [2.05, 4.69) is 43.5 Å². The molecule has 10 heteroatoms. The minimum atomic E-state index is -4.43. The molecule has 0 aliphatic carbocycles. The Morgan fingerprint density at radius 3 is 1.15 bits per heavy atom. The van der Waals surface area contributed by atoms with Crippen molar-refractivity contribution in [2.45, 2.75) is 327 Å². The van der Waals surface area contributed by atoms with Crippen molar-refractivity contribution in [1.82, 2.24) is 5.32 Å². The van der Waals surface area contributed by atoms with E-state index in [9.17, 15) is 24.5 Å². The number of quaternary nitrogens is 1. The van der Waals surface area contributed by atoms with Crippen molar-refractivity contribution in [2.24, 2.45) is 0 Å². The lowest BCUT2D eigenvalue weighted by atomic mass is 10.0. The summed E-state index contributed by atoms with van der Waals surface area (Å²) in [6, 6.07) is -1.05. The molecule has 72 heavy (non-hydrogen) atoms. The van der Waals surface area contributed by atoms with E-state index in [1.54, 1.807) is 0 Å². The number of aliphatic hydroxyl groups is 2. The van der Waals surface area contributed by atoms with E-state index in [1.165, 1.54) is 231 Å². The standard InChI is InChI=1S/C62H123N2O7P/c1-6-8-10-12-14-16-18-20-21-22-23-24-25-26-27-28-29-30-31-32-33-34-35-36-37-38-39-40-41-42-43-45-47-49-51-53-55-61(66)63-59(58-71-72(68,69)70-57-56-64(3,4)5)62(67)60(65)54-52-50-48-46-44-19-17-15-13-11-9-7-2/h15,17,46,48,59-60,62,65,67H,6-14,16,18-45,47,49-58H2,1-5H3,(H-,63,66,68,69)/p+1/b17-15+,48-46+. The maximum Gasteiger partial charge on any atom is 0.472 e. The second-order valence-corrected chi connectivity index (χ2v) is 24.4. The molecule has 0 heterocycles. The first kappa shape index (κ1) is 70.9. The van der Waals surface area contributed by atoms with E-state index in [1.807, 2.05) is 21.1 Å². The van der Waals surface area contributed by atoms with Crippen LogP contribution in [0.4, 0.5) is 0 Å². The zero-order valence-electron chi connectivity index (χ0n) is 48.6. The molecule has 0 spiro atoms. The summed E-state index contributed by atoms with van der Waals surface area (Å²) in [5, 5.41) is 24.8. The van der Waals surface area contributed by atoms with Gasteiger partial charge in [-0.15, -0.1) is 0 Å². The topological polar surface area (TPSA) is 125 Å². The molecular formula is C62H124N2O7P+. The van der Waals surface area contributed by atoms with Crippen molar-refractivity contribution in [3.05, 3.63) is 24.3 Å². The average Bonchev–Trinajstić information content (AvgIpc) is 3.34. The normalized spacial score (nSPS) is 14.4. The summed E-state index contributed by atoms with van der Waals surface area (Å²) in [5.74, 6) is -0.267. The van der Waals surface area contributed by atoms with Gasteiger partial charge in [0.25, 0.3) is 0 Å². The van der Waals surface area contributed by atoms with Crippen LogP contribution in [0.25, 0.3) is 0 Å². The predicted octanol–water partition coefficient (Wildman–Crippen LogP) is 18.1. The SMILES string of the molecule is CCCCC/C=C/CC/C=C/CCCC(O)C(O)C(COP(=O)(O)OCC[N+](C)(C)C)NC(=O)CCCCCCCCCCCCCCCCCCCCCCCCCCCCCCCCCCCCCC. The van der Waals surface area contributed by atoms with Gasteiger partial charge in [-0.2, -0.15) is 0 Å². The fourth-order valence-corrected chi connectivity index (χ4v) is 10.3. The lowest BCUT2D eigenvalue weighted by Crippen LogP contribution is -2.51. The van der Waals surface area contributed by atoms with Crippen LogP contribution in [0.2, 0.25) is 0 Å². The highest BCUT2D eigenvalue weighted by molar-refractivity contribution is 7.47. The largest absolute Gasteiger partial charge is 0.472 e. The molecular weight excluding hydrogens is 916 g/mol. The van der Waals surface area contributed by atoms with Crippen molar-refractivity contribution in [3.63, 3.8) is 0 Å². The highest BCUT2D eigenvalue weighted by Gasteiger charge is 2.32. The lowest BCUT2D eigenvalue weighted by Gasteiger charge is -2.28. The third-order valence-electron chi connectivity index (χ3n) is 14.5. The Bertz CT molecular complexity index is 1240. The number of allylic oxidation sites excluding steroid dienone is 4. The van der Waals surface area contributed by atoms with E-state index >= 15 is 0 Å². The van der Waals surface area contributed by atoms with Crippen LogP contribution in [0.1, 0.15) is 309 Å². The Hall–Kier alpha value is -1.06. The molecule has 0 aromatic heterocycles. The Morgan fingerprint density at radius 2 is 0.792 bits per heavy atom. The molecule has 0 fully saturated rings. The first-order valence-electron chi connectivity index (χ1n) is 31.3. The van der Waals surface area contributed by atoms with Gasteiger partial charge in [-0.1, -0.05) is 276 Å². The van der Waals surface area contributed by atoms with Gasteiger partial charge >= 0.3 is 7.82 Å². The number of phosphoric acid groups is 1. The molecule has 4 N–H and O–H groups in total. The quantitative estimate of drug-likeness (QED) is 0.0207. The van der Waals surface area contributed by atoms with Gasteiger partial charge in [-0.25, -0.2) is 4.57 Å². The number of aliphatic hydroxyl groups excluding tert-OH is 2. The van der Waals surface area contributed by atoms with Crippen LogP contribution in [0.3, 0.4) is 0 Å².